The topological polar surface area (TPSA) is 59.2 Å². The molecule has 1 aromatic carbocycles. The zero-order valence-corrected chi connectivity index (χ0v) is 16.8. The maximum atomic E-state index is 12.4. The standard InChI is InChI=1S/C20H27N3O2S/c1-14-7-5-6-12-23(14)17(24)13-26-19-22-21-18(25-19)15-8-10-16(11-9-15)20(2,3)4/h8-11,14H,5-7,12-13H2,1-4H3/t14-/m0/s1. The fraction of sp³-hybridized carbons (Fsp3) is 0.550. The molecule has 1 atom stereocenters. The number of likely N-dealkylation sites (tertiary alicyclic amines) is 1. The Morgan fingerprint density at radius 2 is 1.96 bits per heavy atom. The van der Waals surface area contributed by atoms with Crippen molar-refractivity contribution in [3.63, 3.8) is 0 Å². The van der Waals surface area contributed by atoms with Crippen LogP contribution in [0.25, 0.3) is 11.5 Å². The van der Waals surface area contributed by atoms with Gasteiger partial charge in [0.2, 0.25) is 11.8 Å². The Morgan fingerprint density at radius 3 is 2.62 bits per heavy atom. The Hall–Kier alpha value is -1.82. The SMILES string of the molecule is C[C@H]1CCCCN1C(=O)CSc1nnc(-c2ccc(C(C)(C)C)cc2)o1. The highest BCUT2D eigenvalue weighted by atomic mass is 32.2. The van der Waals surface area contributed by atoms with E-state index in [1.807, 2.05) is 17.0 Å². The van der Waals surface area contributed by atoms with Crippen LogP contribution >= 0.6 is 11.8 Å². The number of piperidine rings is 1. The zero-order valence-electron chi connectivity index (χ0n) is 16.0. The number of nitrogens with zero attached hydrogens (tertiary/aromatic N) is 3. The molecule has 2 aromatic rings. The second-order valence-corrected chi connectivity index (χ2v) is 8.85. The fourth-order valence-electron chi connectivity index (χ4n) is 3.17. The maximum Gasteiger partial charge on any atom is 0.277 e. The number of carbonyl (C=O) groups excluding carboxylic acids is 1. The van der Waals surface area contributed by atoms with Gasteiger partial charge in [-0.25, -0.2) is 0 Å². The molecule has 0 spiro atoms. The van der Waals surface area contributed by atoms with E-state index in [2.05, 4.69) is 50.0 Å². The number of aromatic nitrogens is 2. The lowest BCUT2D eigenvalue weighted by Crippen LogP contribution is -2.42. The van der Waals surface area contributed by atoms with E-state index in [4.69, 9.17) is 4.42 Å². The molecule has 2 heterocycles. The lowest BCUT2D eigenvalue weighted by Gasteiger charge is -2.33. The number of hydrogen-bond donors (Lipinski definition) is 0. The molecule has 0 radical (unpaired) electrons. The predicted octanol–water partition coefficient (Wildman–Crippen LogP) is 4.53. The molecule has 6 heteroatoms. The number of thioether (sulfide) groups is 1. The van der Waals surface area contributed by atoms with Gasteiger partial charge >= 0.3 is 0 Å². The van der Waals surface area contributed by atoms with Crippen molar-refractivity contribution < 1.29 is 9.21 Å². The molecule has 0 N–H and O–H groups in total. The largest absolute Gasteiger partial charge is 0.411 e. The van der Waals surface area contributed by atoms with Crippen LogP contribution in [0.1, 0.15) is 52.5 Å². The van der Waals surface area contributed by atoms with Gasteiger partial charge in [0.1, 0.15) is 0 Å². The highest BCUT2D eigenvalue weighted by Crippen LogP contribution is 2.27. The van der Waals surface area contributed by atoms with Crippen LogP contribution in [0.15, 0.2) is 33.9 Å². The average Bonchev–Trinajstić information content (AvgIpc) is 3.08. The first kappa shape index (κ1) is 19.0. The zero-order chi connectivity index (χ0) is 18.7. The Labute approximate surface area is 159 Å². The summed E-state index contributed by atoms with van der Waals surface area (Å²) in [7, 11) is 0. The Bertz CT molecular complexity index is 749. The second kappa shape index (κ2) is 7.82. The van der Waals surface area contributed by atoms with Gasteiger partial charge in [0.15, 0.2) is 0 Å². The molecule has 0 saturated carbocycles. The number of amides is 1. The van der Waals surface area contributed by atoms with Crippen LogP contribution in [0, 0.1) is 0 Å². The van der Waals surface area contributed by atoms with Crippen LogP contribution in [0.2, 0.25) is 0 Å². The lowest BCUT2D eigenvalue weighted by atomic mass is 9.87. The van der Waals surface area contributed by atoms with Gasteiger partial charge in [-0.3, -0.25) is 4.79 Å². The van der Waals surface area contributed by atoms with Gasteiger partial charge in [0.05, 0.1) is 5.75 Å². The minimum atomic E-state index is 0.111. The van der Waals surface area contributed by atoms with Crippen molar-refractivity contribution in [3.8, 4) is 11.5 Å². The summed E-state index contributed by atoms with van der Waals surface area (Å²) in [5.41, 5.74) is 2.27. The van der Waals surface area contributed by atoms with Crippen LogP contribution in [-0.2, 0) is 10.2 Å². The predicted molar refractivity (Wildman–Crippen MR) is 104 cm³/mol. The normalized spacial score (nSPS) is 18.2. The van der Waals surface area contributed by atoms with E-state index < -0.39 is 0 Å². The third-order valence-corrected chi connectivity index (χ3v) is 5.65. The van der Waals surface area contributed by atoms with Gasteiger partial charge in [-0.1, -0.05) is 44.7 Å². The quantitative estimate of drug-likeness (QED) is 0.737. The number of carbonyl (C=O) groups is 1. The van der Waals surface area contributed by atoms with Gasteiger partial charge in [0, 0.05) is 18.2 Å². The highest BCUT2D eigenvalue weighted by molar-refractivity contribution is 7.99. The summed E-state index contributed by atoms with van der Waals surface area (Å²) in [4.78, 5) is 14.4. The third kappa shape index (κ3) is 4.47. The maximum absolute atomic E-state index is 12.4. The minimum absolute atomic E-state index is 0.111. The summed E-state index contributed by atoms with van der Waals surface area (Å²) in [6.07, 6.45) is 3.39. The number of benzene rings is 1. The number of rotatable bonds is 4. The molecule has 1 aliphatic rings. The van der Waals surface area contributed by atoms with Crippen molar-refractivity contribution in [2.45, 2.75) is 63.6 Å². The molecule has 26 heavy (non-hydrogen) atoms. The molecule has 1 fully saturated rings. The monoisotopic (exact) mass is 373 g/mol. The second-order valence-electron chi connectivity index (χ2n) is 7.92. The fourth-order valence-corrected chi connectivity index (χ4v) is 3.82. The molecule has 0 aliphatic carbocycles. The van der Waals surface area contributed by atoms with Crippen molar-refractivity contribution in [2.24, 2.45) is 0 Å². The molecule has 5 nitrogen and oxygen atoms in total. The van der Waals surface area contributed by atoms with Crippen molar-refractivity contribution in [1.82, 2.24) is 15.1 Å². The van der Waals surface area contributed by atoms with Crippen molar-refractivity contribution in [2.75, 3.05) is 12.3 Å². The van der Waals surface area contributed by atoms with Crippen LogP contribution < -0.4 is 0 Å². The van der Waals surface area contributed by atoms with Gasteiger partial charge in [-0.05, 0) is 49.3 Å². The van der Waals surface area contributed by atoms with Crippen LogP contribution in [0.5, 0.6) is 0 Å². The molecule has 1 aromatic heterocycles. The van der Waals surface area contributed by atoms with Crippen molar-refractivity contribution >= 4 is 17.7 Å². The first-order valence-corrected chi connectivity index (χ1v) is 10.2. The number of hydrogen-bond acceptors (Lipinski definition) is 5. The van der Waals surface area contributed by atoms with Crippen LogP contribution in [-0.4, -0.2) is 39.3 Å². The van der Waals surface area contributed by atoms with E-state index in [0.717, 1.165) is 24.9 Å². The van der Waals surface area contributed by atoms with Gasteiger partial charge in [-0.2, -0.15) is 0 Å². The summed E-state index contributed by atoms with van der Waals surface area (Å²) >= 11 is 1.32. The molecule has 3 rings (SSSR count). The molecule has 0 bridgehead atoms. The Kier molecular flexibility index (Phi) is 5.70. The molecular formula is C20H27N3O2S. The molecule has 1 saturated heterocycles. The first-order valence-electron chi connectivity index (χ1n) is 9.21. The highest BCUT2D eigenvalue weighted by Gasteiger charge is 2.23. The molecule has 1 amide bonds. The van der Waals surface area contributed by atoms with E-state index in [-0.39, 0.29) is 11.3 Å². The van der Waals surface area contributed by atoms with E-state index >= 15 is 0 Å². The van der Waals surface area contributed by atoms with Gasteiger partial charge in [0.25, 0.3) is 5.22 Å². The lowest BCUT2D eigenvalue weighted by molar-refractivity contribution is -0.131. The van der Waals surface area contributed by atoms with E-state index in [0.29, 0.717) is 22.9 Å². The van der Waals surface area contributed by atoms with E-state index in [9.17, 15) is 4.79 Å². The van der Waals surface area contributed by atoms with E-state index in [1.54, 1.807) is 0 Å². The summed E-state index contributed by atoms with van der Waals surface area (Å²) < 4.78 is 5.73. The van der Waals surface area contributed by atoms with Crippen LogP contribution in [0.3, 0.4) is 0 Å². The summed E-state index contributed by atoms with van der Waals surface area (Å²) in [6, 6.07) is 8.52. The average molecular weight is 374 g/mol. The van der Waals surface area contributed by atoms with Crippen molar-refractivity contribution in [3.05, 3.63) is 29.8 Å². The molecular weight excluding hydrogens is 346 g/mol. The van der Waals surface area contributed by atoms with Crippen molar-refractivity contribution in [1.29, 1.82) is 0 Å². The Morgan fingerprint density at radius 1 is 1.23 bits per heavy atom. The summed E-state index contributed by atoms with van der Waals surface area (Å²) in [5, 5.41) is 8.64. The molecule has 140 valence electrons. The van der Waals surface area contributed by atoms with Gasteiger partial charge in [-0.15, -0.1) is 10.2 Å². The van der Waals surface area contributed by atoms with Gasteiger partial charge < -0.3 is 9.32 Å². The summed E-state index contributed by atoms with van der Waals surface area (Å²) in [6.45, 7) is 9.53. The first-order chi connectivity index (χ1) is 12.3. The van der Waals surface area contributed by atoms with E-state index in [1.165, 1.54) is 23.7 Å². The smallest absolute Gasteiger partial charge is 0.277 e. The third-order valence-electron chi connectivity index (χ3n) is 4.85. The minimum Gasteiger partial charge on any atom is -0.411 e. The van der Waals surface area contributed by atoms with Crippen LogP contribution in [0.4, 0.5) is 0 Å². The molecule has 0 unspecified atom stereocenters. The summed E-state index contributed by atoms with van der Waals surface area (Å²) in [5.74, 6) is 0.984. The molecule has 1 aliphatic heterocycles. The Balaban J connectivity index is 1.60.